The zero-order valence-corrected chi connectivity index (χ0v) is 10.1. The third-order valence-corrected chi connectivity index (χ3v) is 2.21. The molecule has 0 fully saturated rings. The highest BCUT2D eigenvalue weighted by Gasteiger charge is 2.48. The highest BCUT2D eigenvalue weighted by Crippen LogP contribution is 2.27. The number of para-hydroxylation sites is 1. The molecule has 0 heterocycles. The Hall–Kier alpha value is -2.00. The van der Waals surface area contributed by atoms with E-state index >= 15 is 0 Å². The Morgan fingerprint density at radius 2 is 1.71 bits per heavy atom. The fraction of sp³-hybridized carbons (Fsp3) is 0.364. The van der Waals surface area contributed by atoms with Crippen LogP contribution in [-0.4, -0.2) is 24.6 Å². The minimum absolute atomic E-state index is 0.298. The first-order valence-corrected chi connectivity index (χ1v) is 5.32. The molecule has 1 rings (SSSR count). The largest absolute Gasteiger partial charge is 0.573 e. The highest BCUT2D eigenvalue weighted by molar-refractivity contribution is 5.83. The average molecular weight is 319 g/mol. The minimum atomic E-state index is -5.02. The summed E-state index contributed by atoms with van der Waals surface area (Å²) in [6.07, 6.45) is -9.24. The van der Waals surface area contributed by atoms with Gasteiger partial charge in [0.25, 0.3) is 5.91 Å². The molecule has 10 heteroatoms. The summed E-state index contributed by atoms with van der Waals surface area (Å²) in [5, 5.41) is 1.43. The van der Waals surface area contributed by atoms with Crippen LogP contribution in [0.1, 0.15) is 5.56 Å². The number of benzene rings is 1. The molecule has 1 N–H and O–H groups in total. The van der Waals surface area contributed by atoms with Crippen LogP contribution < -0.4 is 10.1 Å². The molecule has 1 amide bonds. The maximum Gasteiger partial charge on any atom is 0.573 e. The van der Waals surface area contributed by atoms with Gasteiger partial charge in [-0.2, -0.15) is 8.78 Å². The molecule has 21 heavy (non-hydrogen) atoms. The van der Waals surface area contributed by atoms with E-state index in [0.29, 0.717) is 0 Å². The fourth-order valence-electron chi connectivity index (χ4n) is 1.27. The van der Waals surface area contributed by atoms with Crippen molar-refractivity contribution < 1.29 is 40.3 Å². The summed E-state index contributed by atoms with van der Waals surface area (Å²) in [5.41, 5.74) is -0.298. The van der Waals surface area contributed by atoms with Crippen molar-refractivity contribution in [2.45, 2.75) is 25.3 Å². The summed E-state index contributed by atoms with van der Waals surface area (Å²) in [5.74, 6) is -7.95. The van der Waals surface area contributed by atoms with E-state index < -0.39 is 36.9 Å². The molecule has 0 aliphatic heterocycles. The molecule has 0 radical (unpaired) electrons. The molecule has 0 aliphatic rings. The summed E-state index contributed by atoms with van der Waals surface area (Å²) < 4.78 is 89.0. The lowest BCUT2D eigenvalue weighted by Gasteiger charge is -2.16. The topological polar surface area (TPSA) is 38.3 Å². The highest BCUT2D eigenvalue weighted by atomic mass is 19.4. The van der Waals surface area contributed by atoms with E-state index in [2.05, 4.69) is 4.74 Å². The van der Waals surface area contributed by atoms with E-state index in [1.165, 1.54) is 17.4 Å². The average Bonchev–Trinajstić information content (AvgIpc) is 2.35. The number of rotatable bonds is 5. The molecule has 0 aromatic heterocycles. The van der Waals surface area contributed by atoms with Gasteiger partial charge in [-0.25, -0.2) is 8.78 Å². The summed E-state index contributed by atoms with van der Waals surface area (Å²) in [4.78, 5) is 10.9. The van der Waals surface area contributed by atoms with Crippen LogP contribution in [0, 0.1) is 0 Å². The number of hydrogen-bond donors (Lipinski definition) is 1. The molecule has 1 aromatic rings. The standard InChI is InChI=1S/C11H8F7NO2/c12-8(13)10(14,15)9(20)19-5-6-3-1-2-4-7(6)21-11(16,17)18/h1-4,8H,5H2,(H,19,20). The monoisotopic (exact) mass is 319 g/mol. The predicted octanol–water partition coefficient (Wildman–Crippen LogP) is 3.10. The third kappa shape index (κ3) is 4.80. The normalized spacial score (nSPS) is 12.4. The Bertz CT molecular complexity index is 502. The van der Waals surface area contributed by atoms with Gasteiger partial charge in [0.05, 0.1) is 0 Å². The molecule has 0 aliphatic carbocycles. The summed E-state index contributed by atoms with van der Waals surface area (Å²) in [6.45, 7) is -0.826. The summed E-state index contributed by atoms with van der Waals surface area (Å²) >= 11 is 0. The lowest BCUT2D eigenvalue weighted by Crippen LogP contribution is -2.44. The maximum absolute atomic E-state index is 12.6. The Morgan fingerprint density at radius 3 is 2.24 bits per heavy atom. The van der Waals surface area contributed by atoms with Crippen molar-refractivity contribution in [1.29, 1.82) is 0 Å². The van der Waals surface area contributed by atoms with Gasteiger partial charge in [0.15, 0.2) is 0 Å². The van der Waals surface area contributed by atoms with Crippen molar-refractivity contribution in [3.63, 3.8) is 0 Å². The van der Waals surface area contributed by atoms with E-state index in [-0.39, 0.29) is 5.56 Å². The fourth-order valence-corrected chi connectivity index (χ4v) is 1.27. The molecule has 0 saturated carbocycles. The van der Waals surface area contributed by atoms with Crippen LogP contribution in [0.4, 0.5) is 30.7 Å². The van der Waals surface area contributed by atoms with E-state index in [1.807, 2.05) is 0 Å². The van der Waals surface area contributed by atoms with Crippen LogP contribution in [0.3, 0.4) is 0 Å². The van der Waals surface area contributed by atoms with Crippen molar-refractivity contribution in [3.8, 4) is 5.75 Å². The minimum Gasteiger partial charge on any atom is -0.405 e. The molecule has 118 valence electrons. The Kier molecular flexibility index (Phi) is 5.02. The van der Waals surface area contributed by atoms with Crippen molar-refractivity contribution in [2.75, 3.05) is 0 Å². The molecule has 0 bridgehead atoms. The van der Waals surface area contributed by atoms with Crippen LogP contribution in [0.15, 0.2) is 24.3 Å². The predicted molar refractivity (Wildman–Crippen MR) is 55.9 cm³/mol. The second-order valence-corrected chi connectivity index (χ2v) is 3.76. The van der Waals surface area contributed by atoms with Crippen LogP contribution >= 0.6 is 0 Å². The molecule has 0 unspecified atom stereocenters. The summed E-state index contributed by atoms with van der Waals surface area (Å²) in [7, 11) is 0. The molecular weight excluding hydrogens is 311 g/mol. The zero-order chi connectivity index (χ0) is 16.3. The van der Waals surface area contributed by atoms with Crippen molar-refractivity contribution in [2.24, 2.45) is 0 Å². The first-order chi connectivity index (χ1) is 9.54. The number of ether oxygens (including phenoxy) is 1. The van der Waals surface area contributed by atoms with Crippen molar-refractivity contribution in [3.05, 3.63) is 29.8 Å². The smallest absolute Gasteiger partial charge is 0.405 e. The maximum atomic E-state index is 12.6. The van der Waals surface area contributed by atoms with Gasteiger partial charge in [0, 0.05) is 12.1 Å². The number of carbonyl (C=O) groups is 1. The van der Waals surface area contributed by atoms with E-state index in [0.717, 1.165) is 12.1 Å². The SMILES string of the molecule is O=C(NCc1ccccc1OC(F)(F)F)C(F)(F)C(F)F. The van der Waals surface area contributed by atoms with E-state index in [4.69, 9.17) is 0 Å². The molecule has 0 atom stereocenters. The van der Waals surface area contributed by atoms with Crippen LogP contribution in [0.5, 0.6) is 5.75 Å². The second kappa shape index (κ2) is 6.19. The van der Waals surface area contributed by atoms with Crippen molar-refractivity contribution >= 4 is 5.91 Å². The van der Waals surface area contributed by atoms with Gasteiger partial charge in [0.1, 0.15) is 5.75 Å². The van der Waals surface area contributed by atoms with Crippen LogP contribution in [0.2, 0.25) is 0 Å². The Labute approximate surface area is 113 Å². The van der Waals surface area contributed by atoms with Gasteiger partial charge >= 0.3 is 18.7 Å². The number of alkyl halides is 7. The Morgan fingerprint density at radius 1 is 1.14 bits per heavy atom. The Balaban J connectivity index is 2.79. The quantitative estimate of drug-likeness (QED) is 0.847. The number of carbonyl (C=O) groups excluding carboxylic acids is 1. The van der Waals surface area contributed by atoms with E-state index in [9.17, 15) is 35.5 Å². The number of hydrogen-bond acceptors (Lipinski definition) is 2. The van der Waals surface area contributed by atoms with E-state index in [1.54, 1.807) is 0 Å². The number of amides is 1. The zero-order valence-electron chi connectivity index (χ0n) is 10.1. The van der Waals surface area contributed by atoms with Gasteiger partial charge in [-0.3, -0.25) is 4.79 Å². The molecule has 0 spiro atoms. The summed E-state index contributed by atoms with van der Waals surface area (Å²) in [6, 6.07) is 4.39. The molecule has 1 aromatic carbocycles. The van der Waals surface area contributed by atoms with Gasteiger partial charge < -0.3 is 10.1 Å². The lowest BCUT2D eigenvalue weighted by molar-refractivity contribution is -0.274. The van der Waals surface area contributed by atoms with Crippen LogP contribution in [0.25, 0.3) is 0 Å². The lowest BCUT2D eigenvalue weighted by atomic mass is 10.2. The second-order valence-electron chi connectivity index (χ2n) is 3.76. The van der Waals surface area contributed by atoms with Gasteiger partial charge in [-0.15, -0.1) is 13.2 Å². The van der Waals surface area contributed by atoms with Crippen LogP contribution in [-0.2, 0) is 11.3 Å². The third-order valence-electron chi connectivity index (χ3n) is 2.21. The molecule has 0 saturated heterocycles. The van der Waals surface area contributed by atoms with Crippen molar-refractivity contribution in [1.82, 2.24) is 5.32 Å². The van der Waals surface area contributed by atoms with Gasteiger partial charge in [-0.05, 0) is 6.07 Å². The molecular formula is C11H8F7NO2. The number of halogens is 7. The number of nitrogens with one attached hydrogen (secondary N) is 1. The first-order valence-electron chi connectivity index (χ1n) is 5.32. The first kappa shape index (κ1) is 17.1. The van der Waals surface area contributed by atoms with Gasteiger partial charge in [0.2, 0.25) is 0 Å². The van der Waals surface area contributed by atoms with Gasteiger partial charge in [-0.1, -0.05) is 18.2 Å². The molecule has 3 nitrogen and oxygen atoms in total.